The smallest absolute Gasteiger partial charge is 0.0403 e. The molecule has 3 nitrogen and oxygen atoms in total. The van der Waals surface area contributed by atoms with Gasteiger partial charge in [-0.3, -0.25) is 0 Å². The Balaban J connectivity index is 2.06. The van der Waals surface area contributed by atoms with Crippen LogP contribution in [0.3, 0.4) is 0 Å². The third-order valence-corrected chi connectivity index (χ3v) is 3.97. The molecular formula is C15H25N3. The van der Waals surface area contributed by atoms with Gasteiger partial charge in [0.2, 0.25) is 0 Å². The Morgan fingerprint density at radius 3 is 2.56 bits per heavy atom. The highest BCUT2D eigenvalue weighted by molar-refractivity contribution is 5.60. The minimum atomic E-state index is 0.578. The molecular weight excluding hydrogens is 222 g/mol. The highest BCUT2D eigenvalue weighted by Crippen LogP contribution is 2.25. The number of hydrogen-bond donors (Lipinski definition) is 1. The Kier molecular flexibility index (Phi) is 3.81. The molecule has 0 aliphatic carbocycles. The number of benzene rings is 1. The van der Waals surface area contributed by atoms with Crippen molar-refractivity contribution in [2.45, 2.75) is 32.4 Å². The van der Waals surface area contributed by atoms with Gasteiger partial charge in [0.25, 0.3) is 0 Å². The molecule has 2 atom stereocenters. The maximum absolute atomic E-state index is 3.68. The Hall–Kier alpha value is -1.22. The molecule has 18 heavy (non-hydrogen) atoms. The van der Waals surface area contributed by atoms with Gasteiger partial charge in [-0.1, -0.05) is 0 Å². The zero-order valence-electron chi connectivity index (χ0n) is 12.2. The molecule has 1 N–H and O–H groups in total. The molecule has 1 aromatic carbocycles. The zero-order chi connectivity index (χ0) is 13.3. The van der Waals surface area contributed by atoms with Gasteiger partial charge in [-0.2, -0.15) is 0 Å². The summed E-state index contributed by atoms with van der Waals surface area (Å²) in [5.41, 5.74) is 3.85. The Morgan fingerprint density at radius 1 is 1.33 bits per heavy atom. The molecule has 1 aliphatic heterocycles. The van der Waals surface area contributed by atoms with Crippen molar-refractivity contribution in [2.75, 3.05) is 37.9 Å². The monoisotopic (exact) mass is 247 g/mol. The predicted molar refractivity (Wildman–Crippen MR) is 79.6 cm³/mol. The van der Waals surface area contributed by atoms with Gasteiger partial charge in [-0.05, 0) is 51.1 Å². The largest absolute Gasteiger partial charge is 0.381 e. The van der Waals surface area contributed by atoms with Crippen LogP contribution in [0.4, 0.5) is 11.4 Å². The van der Waals surface area contributed by atoms with Crippen LogP contribution in [-0.2, 0) is 0 Å². The summed E-state index contributed by atoms with van der Waals surface area (Å²) in [5.74, 6) is 0. The van der Waals surface area contributed by atoms with E-state index in [2.05, 4.69) is 68.3 Å². The van der Waals surface area contributed by atoms with Crippen molar-refractivity contribution in [3.8, 4) is 0 Å². The van der Waals surface area contributed by atoms with E-state index in [9.17, 15) is 0 Å². The van der Waals surface area contributed by atoms with Crippen LogP contribution in [0.2, 0.25) is 0 Å². The fraction of sp³-hybridized carbons (Fsp3) is 0.600. The Morgan fingerprint density at radius 2 is 2.06 bits per heavy atom. The summed E-state index contributed by atoms with van der Waals surface area (Å²) in [6.07, 6.45) is 1.23. The van der Waals surface area contributed by atoms with Crippen LogP contribution in [-0.4, -0.2) is 44.7 Å². The van der Waals surface area contributed by atoms with E-state index < -0.39 is 0 Å². The molecule has 1 aromatic rings. The number of aryl methyl sites for hydroxylation is 1. The molecule has 1 fully saturated rings. The quantitative estimate of drug-likeness (QED) is 0.885. The van der Waals surface area contributed by atoms with Gasteiger partial charge < -0.3 is 15.1 Å². The Bertz CT molecular complexity index is 404. The summed E-state index contributed by atoms with van der Waals surface area (Å²) >= 11 is 0. The molecule has 1 saturated heterocycles. The van der Waals surface area contributed by atoms with E-state index in [0.717, 1.165) is 6.54 Å². The minimum Gasteiger partial charge on any atom is -0.381 e. The van der Waals surface area contributed by atoms with Crippen LogP contribution in [0.5, 0.6) is 0 Å². The van der Waals surface area contributed by atoms with Crippen molar-refractivity contribution in [3.63, 3.8) is 0 Å². The number of likely N-dealkylation sites (N-methyl/N-ethyl adjacent to an activating group) is 1. The van der Waals surface area contributed by atoms with E-state index in [-0.39, 0.29) is 0 Å². The first-order chi connectivity index (χ1) is 8.47. The van der Waals surface area contributed by atoms with Crippen LogP contribution in [0.1, 0.15) is 18.9 Å². The average molecular weight is 247 g/mol. The fourth-order valence-corrected chi connectivity index (χ4v) is 2.61. The van der Waals surface area contributed by atoms with Gasteiger partial charge >= 0.3 is 0 Å². The lowest BCUT2D eigenvalue weighted by atomic mass is 10.1. The summed E-state index contributed by atoms with van der Waals surface area (Å²) in [5, 5.41) is 3.68. The predicted octanol–water partition coefficient (Wildman–Crippen LogP) is 2.57. The lowest BCUT2D eigenvalue weighted by molar-refractivity contribution is 0.330. The van der Waals surface area contributed by atoms with Crippen LogP contribution >= 0.6 is 0 Å². The molecule has 0 bridgehead atoms. The first-order valence-corrected chi connectivity index (χ1v) is 6.72. The van der Waals surface area contributed by atoms with Crippen LogP contribution < -0.4 is 10.2 Å². The number of hydrogen-bond acceptors (Lipinski definition) is 3. The zero-order valence-corrected chi connectivity index (χ0v) is 12.2. The molecule has 100 valence electrons. The summed E-state index contributed by atoms with van der Waals surface area (Å²) < 4.78 is 0. The van der Waals surface area contributed by atoms with Crippen molar-refractivity contribution < 1.29 is 0 Å². The number of rotatable bonds is 3. The second-order valence-electron chi connectivity index (χ2n) is 5.76. The van der Waals surface area contributed by atoms with Gasteiger partial charge in [-0.25, -0.2) is 0 Å². The second-order valence-corrected chi connectivity index (χ2v) is 5.76. The molecule has 0 spiro atoms. The van der Waals surface area contributed by atoms with Crippen molar-refractivity contribution in [3.05, 3.63) is 23.8 Å². The summed E-state index contributed by atoms with van der Waals surface area (Å²) in [6.45, 7) is 5.61. The lowest BCUT2D eigenvalue weighted by Gasteiger charge is -2.19. The molecule has 0 amide bonds. The van der Waals surface area contributed by atoms with Crippen molar-refractivity contribution >= 4 is 11.4 Å². The lowest BCUT2D eigenvalue weighted by Crippen LogP contribution is -2.25. The van der Waals surface area contributed by atoms with E-state index in [0.29, 0.717) is 12.1 Å². The number of nitrogens with zero attached hydrogens (tertiary/aromatic N) is 2. The summed E-state index contributed by atoms with van der Waals surface area (Å²) in [7, 11) is 6.36. The third kappa shape index (κ3) is 2.78. The first kappa shape index (κ1) is 13.2. The second kappa shape index (κ2) is 5.19. The topological polar surface area (TPSA) is 18.5 Å². The van der Waals surface area contributed by atoms with Gasteiger partial charge in [0.15, 0.2) is 0 Å². The normalized spacial score (nSPS) is 24.3. The molecule has 1 aliphatic rings. The molecule has 0 aromatic heterocycles. The van der Waals surface area contributed by atoms with E-state index in [1.54, 1.807) is 0 Å². The molecule has 2 rings (SSSR count). The highest BCUT2D eigenvalue weighted by atomic mass is 15.2. The van der Waals surface area contributed by atoms with Crippen molar-refractivity contribution in [1.29, 1.82) is 0 Å². The Labute approximate surface area is 111 Å². The van der Waals surface area contributed by atoms with Crippen molar-refractivity contribution in [1.82, 2.24) is 4.90 Å². The summed E-state index contributed by atoms with van der Waals surface area (Å²) in [4.78, 5) is 4.56. The highest BCUT2D eigenvalue weighted by Gasteiger charge is 2.25. The van der Waals surface area contributed by atoms with Crippen LogP contribution in [0, 0.1) is 6.92 Å². The fourth-order valence-electron chi connectivity index (χ4n) is 2.61. The van der Waals surface area contributed by atoms with Gasteiger partial charge in [0.05, 0.1) is 0 Å². The van der Waals surface area contributed by atoms with E-state index in [4.69, 9.17) is 0 Å². The SMILES string of the molecule is Cc1cc(N(C)C)ccc1NC1CC(C)N(C)C1. The van der Waals surface area contributed by atoms with Gasteiger partial charge in [-0.15, -0.1) is 0 Å². The number of likely N-dealkylation sites (tertiary alicyclic amines) is 1. The van der Waals surface area contributed by atoms with Crippen LogP contribution in [0.15, 0.2) is 18.2 Å². The van der Waals surface area contributed by atoms with E-state index >= 15 is 0 Å². The molecule has 3 heteroatoms. The maximum atomic E-state index is 3.68. The number of nitrogens with one attached hydrogen (secondary N) is 1. The van der Waals surface area contributed by atoms with E-state index in [1.165, 1.54) is 23.4 Å². The third-order valence-electron chi connectivity index (χ3n) is 3.97. The molecule has 0 radical (unpaired) electrons. The van der Waals surface area contributed by atoms with Gasteiger partial charge in [0.1, 0.15) is 0 Å². The standard InChI is InChI=1S/C15H25N3/c1-11-8-14(17(3)4)6-7-15(11)16-13-9-12(2)18(5)10-13/h6-8,12-13,16H,9-10H2,1-5H3. The average Bonchev–Trinajstić information content (AvgIpc) is 2.61. The summed E-state index contributed by atoms with van der Waals surface area (Å²) in [6, 6.07) is 7.88. The van der Waals surface area contributed by atoms with Gasteiger partial charge in [0, 0.05) is 44.1 Å². The van der Waals surface area contributed by atoms with Crippen molar-refractivity contribution in [2.24, 2.45) is 0 Å². The maximum Gasteiger partial charge on any atom is 0.0403 e. The number of anilines is 2. The molecule has 0 saturated carbocycles. The molecule has 2 unspecified atom stereocenters. The molecule has 1 heterocycles. The van der Waals surface area contributed by atoms with E-state index in [1.807, 2.05) is 0 Å². The van der Waals surface area contributed by atoms with Crippen LogP contribution in [0.25, 0.3) is 0 Å². The first-order valence-electron chi connectivity index (χ1n) is 6.72. The minimum absolute atomic E-state index is 0.578.